The van der Waals surface area contributed by atoms with Gasteiger partial charge in [0, 0.05) is 23.1 Å². The molecule has 0 amide bonds. The predicted octanol–water partition coefficient (Wildman–Crippen LogP) is 4.37. The second kappa shape index (κ2) is 7.65. The molecule has 6 heteroatoms. The van der Waals surface area contributed by atoms with Crippen LogP contribution in [0.1, 0.15) is 21.6 Å². The van der Waals surface area contributed by atoms with E-state index in [4.69, 9.17) is 4.74 Å². The van der Waals surface area contributed by atoms with E-state index in [0.717, 1.165) is 22.6 Å². The maximum atomic E-state index is 11.5. The van der Waals surface area contributed by atoms with Crippen LogP contribution in [0.25, 0.3) is 0 Å². The summed E-state index contributed by atoms with van der Waals surface area (Å²) in [6.07, 6.45) is 0. The first-order chi connectivity index (χ1) is 12.5. The highest BCUT2D eigenvalue weighted by atomic mass is 16.5. The third-order valence-corrected chi connectivity index (χ3v) is 3.71. The topological polar surface area (TPSA) is 76.1 Å². The van der Waals surface area contributed by atoms with Crippen LogP contribution in [0.3, 0.4) is 0 Å². The van der Waals surface area contributed by atoms with E-state index in [2.05, 4.69) is 20.6 Å². The number of nitrogens with zero attached hydrogens (tertiary/aromatic N) is 2. The number of methoxy groups -OCH3 is 1. The fourth-order valence-electron chi connectivity index (χ4n) is 2.50. The van der Waals surface area contributed by atoms with Gasteiger partial charge in [-0.2, -0.15) is 4.98 Å². The molecular formula is C20H20N4O2. The van der Waals surface area contributed by atoms with E-state index in [1.54, 1.807) is 24.3 Å². The van der Waals surface area contributed by atoms with Crippen molar-refractivity contribution in [1.82, 2.24) is 9.97 Å². The Bertz CT molecular complexity index is 923. The van der Waals surface area contributed by atoms with Crippen LogP contribution < -0.4 is 10.6 Å². The van der Waals surface area contributed by atoms with E-state index in [0.29, 0.717) is 17.3 Å². The van der Waals surface area contributed by atoms with Gasteiger partial charge < -0.3 is 15.4 Å². The zero-order valence-corrected chi connectivity index (χ0v) is 14.9. The molecule has 0 aliphatic heterocycles. The minimum atomic E-state index is -0.362. The van der Waals surface area contributed by atoms with Crippen molar-refractivity contribution in [3.8, 4) is 0 Å². The van der Waals surface area contributed by atoms with Crippen LogP contribution in [-0.2, 0) is 4.74 Å². The zero-order chi connectivity index (χ0) is 18.5. The molecule has 0 radical (unpaired) electrons. The van der Waals surface area contributed by atoms with Crippen LogP contribution in [0.4, 0.5) is 23.1 Å². The maximum absolute atomic E-state index is 11.5. The summed E-state index contributed by atoms with van der Waals surface area (Å²) in [5.74, 6) is 0.821. The van der Waals surface area contributed by atoms with E-state index in [9.17, 15) is 4.79 Å². The summed E-state index contributed by atoms with van der Waals surface area (Å²) < 4.78 is 4.70. The van der Waals surface area contributed by atoms with Crippen molar-refractivity contribution in [2.24, 2.45) is 0 Å². The minimum absolute atomic E-state index is 0.362. The van der Waals surface area contributed by atoms with Gasteiger partial charge >= 0.3 is 5.97 Å². The lowest BCUT2D eigenvalue weighted by atomic mass is 10.2. The third kappa shape index (κ3) is 4.36. The molecule has 0 saturated heterocycles. The van der Waals surface area contributed by atoms with Crippen molar-refractivity contribution < 1.29 is 9.53 Å². The van der Waals surface area contributed by atoms with Gasteiger partial charge in [-0.05, 0) is 55.8 Å². The highest BCUT2D eigenvalue weighted by Crippen LogP contribution is 2.20. The fraction of sp³-hybridized carbons (Fsp3) is 0.150. The molecule has 0 aliphatic carbocycles. The van der Waals surface area contributed by atoms with Gasteiger partial charge in [0.1, 0.15) is 5.82 Å². The zero-order valence-electron chi connectivity index (χ0n) is 14.9. The Morgan fingerprint density at radius 2 is 1.69 bits per heavy atom. The summed E-state index contributed by atoms with van der Waals surface area (Å²) in [5, 5.41) is 6.44. The Hall–Kier alpha value is -3.41. The van der Waals surface area contributed by atoms with Gasteiger partial charge in [0.2, 0.25) is 5.95 Å². The standard InChI is InChI=1S/C20H20N4O2/c1-13-5-4-6-17(11-13)23-20-21-14(2)12-18(24-20)22-16-9-7-15(8-10-16)19(25)26-3/h4-12H,1-3H3,(H2,21,22,23,24). The van der Waals surface area contributed by atoms with Gasteiger partial charge in [-0.25, -0.2) is 9.78 Å². The number of esters is 1. The third-order valence-electron chi connectivity index (χ3n) is 3.71. The summed E-state index contributed by atoms with van der Waals surface area (Å²) >= 11 is 0. The average Bonchev–Trinajstić information content (AvgIpc) is 2.61. The number of rotatable bonds is 5. The number of carbonyl (C=O) groups excluding carboxylic acids is 1. The fourth-order valence-corrected chi connectivity index (χ4v) is 2.50. The Labute approximate surface area is 152 Å². The number of anilines is 4. The monoisotopic (exact) mass is 348 g/mol. The first kappa shape index (κ1) is 17.4. The van der Waals surface area contributed by atoms with E-state index in [1.807, 2.05) is 44.2 Å². The smallest absolute Gasteiger partial charge is 0.337 e. The lowest BCUT2D eigenvalue weighted by Crippen LogP contribution is -2.03. The largest absolute Gasteiger partial charge is 0.465 e. The van der Waals surface area contributed by atoms with Gasteiger partial charge in [0.15, 0.2) is 0 Å². The minimum Gasteiger partial charge on any atom is -0.465 e. The Morgan fingerprint density at radius 3 is 2.38 bits per heavy atom. The Balaban J connectivity index is 1.78. The summed E-state index contributed by atoms with van der Waals surface area (Å²) in [6.45, 7) is 3.95. The first-order valence-corrected chi connectivity index (χ1v) is 8.18. The quantitative estimate of drug-likeness (QED) is 0.667. The van der Waals surface area contributed by atoms with Crippen molar-refractivity contribution >= 4 is 29.1 Å². The predicted molar refractivity (Wildman–Crippen MR) is 102 cm³/mol. The van der Waals surface area contributed by atoms with E-state index in [-0.39, 0.29) is 5.97 Å². The number of aryl methyl sites for hydroxylation is 2. The molecule has 0 aliphatic rings. The van der Waals surface area contributed by atoms with Crippen molar-refractivity contribution in [1.29, 1.82) is 0 Å². The second-order valence-corrected chi connectivity index (χ2v) is 5.91. The van der Waals surface area contributed by atoms with Crippen LogP contribution in [0, 0.1) is 13.8 Å². The lowest BCUT2D eigenvalue weighted by Gasteiger charge is -2.10. The average molecular weight is 348 g/mol. The molecule has 1 aromatic heterocycles. The molecule has 0 unspecified atom stereocenters. The van der Waals surface area contributed by atoms with Gasteiger partial charge in [-0.1, -0.05) is 12.1 Å². The summed E-state index contributed by atoms with van der Waals surface area (Å²) in [4.78, 5) is 20.4. The van der Waals surface area contributed by atoms with Gasteiger partial charge in [-0.3, -0.25) is 0 Å². The molecule has 2 aromatic carbocycles. The SMILES string of the molecule is COC(=O)c1ccc(Nc2cc(C)nc(Nc3cccc(C)c3)n2)cc1. The van der Waals surface area contributed by atoms with Crippen LogP contribution in [0.5, 0.6) is 0 Å². The van der Waals surface area contributed by atoms with Crippen molar-refractivity contribution in [3.05, 3.63) is 71.4 Å². The number of aromatic nitrogens is 2. The molecule has 0 atom stereocenters. The molecule has 0 fully saturated rings. The molecule has 6 nitrogen and oxygen atoms in total. The summed E-state index contributed by atoms with van der Waals surface area (Å²) in [6, 6.07) is 16.9. The van der Waals surface area contributed by atoms with Crippen molar-refractivity contribution in [3.63, 3.8) is 0 Å². The number of carbonyl (C=O) groups is 1. The molecule has 3 rings (SSSR count). The van der Waals surface area contributed by atoms with Crippen LogP contribution in [0.15, 0.2) is 54.6 Å². The van der Waals surface area contributed by atoms with Gasteiger partial charge in [0.25, 0.3) is 0 Å². The Morgan fingerprint density at radius 1 is 0.923 bits per heavy atom. The molecule has 0 saturated carbocycles. The maximum Gasteiger partial charge on any atom is 0.337 e. The summed E-state index contributed by atoms with van der Waals surface area (Å²) in [5.41, 5.74) is 4.25. The number of ether oxygens (including phenoxy) is 1. The normalized spacial score (nSPS) is 10.3. The lowest BCUT2D eigenvalue weighted by molar-refractivity contribution is 0.0601. The van der Waals surface area contributed by atoms with Gasteiger partial charge in [-0.15, -0.1) is 0 Å². The second-order valence-electron chi connectivity index (χ2n) is 5.91. The van der Waals surface area contributed by atoms with Crippen molar-refractivity contribution in [2.75, 3.05) is 17.7 Å². The first-order valence-electron chi connectivity index (χ1n) is 8.18. The van der Waals surface area contributed by atoms with E-state index in [1.165, 1.54) is 7.11 Å². The number of nitrogens with one attached hydrogen (secondary N) is 2. The van der Waals surface area contributed by atoms with Crippen LogP contribution in [-0.4, -0.2) is 23.0 Å². The van der Waals surface area contributed by atoms with Crippen LogP contribution in [0.2, 0.25) is 0 Å². The van der Waals surface area contributed by atoms with E-state index >= 15 is 0 Å². The van der Waals surface area contributed by atoms with E-state index < -0.39 is 0 Å². The highest BCUT2D eigenvalue weighted by molar-refractivity contribution is 5.89. The number of benzene rings is 2. The molecule has 2 N–H and O–H groups in total. The molecule has 3 aromatic rings. The molecule has 26 heavy (non-hydrogen) atoms. The van der Waals surface area contributed by atoms with Crippen molar-refractivity contribution in [2.45, 2.75) is 13.8 Å². The van der Waals surface area contributed by atoms with Crippen LogP contribution >= 0.6 is 0 Å². The summed E-state index contributed by atoms with van der Waals surface area (Å²) in [7, 11) is 1.36. The molecule has 0 bridgehead atoms. The highest BCUT2D eigenvalue weighted by Gasteiger charge is 2.06. The molecular weight excluding hydrogens is 328 g/mol. The molecule has 1 heterocycles. The molecule has 0 spiro atoms. The Kier molecular flexibility index (Phi) is 5.12. The number of hydrogen-bond acceptors (Lipinski definition) is 6. The van der Waals surface area contributed by atoms with Gasteiger partial charge in [0.05, 0.1) is 12.7 Å². The number of hydrogen-bond donors (Lipinski definition) is 2. The molecule has 132 valence electrons.